The molecular weight excluding hydrogens is 568 g/mol. The summed E-state index contributed by atoms with van der Waals surface area (Å²) in [6, 6.07) is 4.30. The molecule has 0 radical (unpaired) electrons. The van der Waals surface area contributed by atoms with Gasteiger partial charge in [0.15, 0.2) is 5.82 Å². The minimum Gasteiger partial charge on any atom is -0.367 e. The van der Waals surface area contributed by atoms with Crippen molar-refractivity contribution >= 4 is 22.9 Å². The first kappa shape index (κ1) is 29.9. The van der Waals surface area contributed by atoms with Gasteiger partial charge in [-0.2, -0.15) is 5.26 Å². The van der Waals surface area contributed by atoms with Crippen LogP contribution in [0.5, 0.6) is 0 Å². The zero-order valence-electron chi connectivity index (χ0n) is 23.3. The van der Waals surface area contributed by atoms with Gasteiger partial charge in [-0.05, 0) is 38.6 Å². The number of hydrogen-bond acceptors (Lipinski definition) is 8. The number of benzene rings is 1. The molecule has 0 bridgehead atoms. The lowest BCUT2D eigenvalue weighted by Crippen LogP contribution is -2.50. The number of nitriles is 1. The van der Waals surface area contributed by atoms with Crippen LogP contribution >= 0.6 is 0 Å². The molecule has 0 saturated carbocycles. The maximum absolute atomic E-state index is 16.7. The van der Waals surface area contributed by atoms with Crippen LogP contribution in [0.15, 0.2) is 41.5 Å². The van der Waals surface area contributed by atoms with Crippen LogP contribution in [0, 0.1) is 23.0 Å². The van der Waals surface area contributed by atoms with Gasteiger partial charge in [0.25, 0.3) is 12.3 Å². The normalized spacial score (nSPS) is 19.2. The van der Waals surface area contributed by atoms with E-state index in [1.807, 2.05) is 20.0 Å². The number of rotatable bonds is 6. The lowest BCUT2D eigenvalue weighted by molar-refractivity contribution is 0.101. The summed E-state index contributed by atoms with van der Waals surface area (Å²) in [5, 5.41) is 14.8. The van der Waals surface area contributed by atoms with Gasteiger partial charge in [-0.3, -0.25) is 9.59 Å². The summed E-state index contributed by atoms with van der Waals surface area (Å²) >= 11 is 0. The molecule has 43 heavy (non-hydrogen) atoms. The van der Waals surface area contributed by atoms with E-state index in [1.54, 1.807) is 11.0 Å². The summed E-state index contributed by atoms with van der Waals surface area (Å²) in [5.74, 6) is -3.22. The van der Waals surface area contributed by atoms with E-state index in [-0.39, 0.29) is 23.1 Å². The molecule has 14 heteroatoms. The predicted octanol–water partition coefficient (Wildman–Crippen LogP) is 3.76. The van der Waals surface area contributed by atoms with Gasteiger partial charge in [0, 0.05) is 55.8 Å². The number of pyridine rings is 1. The molecule has 1 saturated heterocycles. The number of aromatic nitrogens is 3. The molecule has 224 valence electrons. The molecule has 1 fully saturated rings. The van der Waals surface area contributed by atoms with Crippen LogP contribution in [0.25, 0.3) is 5.57 Å². The van der Waals surface area contributed by atoms with Crippen LogP contribution in [-0.2, 0) is 0 Å². The minimum atomic E-state index is -3.15. The first-order valence-electron chi connectivity index (χ1n) is 13.5. The average Bonchev–Trinajstić information content (AvgIpc) is 3.00. The Morgan fingerprint density at radius 2 is 2.05 bits per heavy atom. The second kappa shape index (κ2) is 12.3. The van der Waals surface area contributed by atoms with Crippen LogP contribution in [0.4, 0.5) is 28.9 Å². The molecule has 1 amide bonds. The summed E-state index contributed by atoms with van der Waals surface area (Å²) < 4.78 is 60.2. The minimum absolute atomic E-state index is 0.00876. The van der Waals surface area contributed by atoms with Crippen molar-refractivity contribution in [2.45, 2.75) is 31.9 Å². The molecule has 5 rings (SSSR count). The van der Waals surface area contributed by atoms with Crippen LogP contribution in [0.3, 0.4) is 0 Å². The Morgan fingerprint density at radius 1 is 1.26 bits per heavy atom. The smallest absolute Gasteiger partial charge is 0.264 e. The number of amides is 1. The van der Waals surface area contributed by atoms with Crippen molar-refractivity contribution in [1.29, 1.82) is 5.26 Å². The number of carbonyl (C=O) groups is 1. The third-order valence-electron chi connectivity index (χ3n) is 7.70. The van der Waals surface area contributed by atoms with Gasteiger partial charge in [0.2, 0.25) is 11.4 Å². The standard InChI is InChI=1S/C29H28F4N8O2/c1-15-14-41(9-8-40(15)2)21-11-19(30)24(16-4-3-6-36-26(16)20-5-7-35-22(12-34)38-20)25(31)27(21)39-29(43)18-13-37-23(42)10-17(18)28(32)33/h4-5,7,10-11,13,15,26,28,36H,3,6,8-9,14H2,1-2H3,(H,37,42)(H,39,43). The predicted molar refractivity (Wildman–Crippen MR) is 151 cm³/mol. The van der Waals surface area contributed by atoms with Gasteiger partial charge in [-0.15, -0.1) is 0 Å². The highest BCUT2D eigenvalue weighted by Gasteiger charge is 2.33. The Bertz CT molecular complexity index is 1690. The molecule has 2 aliphatic rings. The number of alkyl halides is 2. The number of hydrogen-bond donors (Lipinski definition) is 3. The van der Waals surface area contributed by atoms with Crippen LogP contribution in [0.2, 0.25) is 0 Å². The van der Waals surface area contributed by atoms with E-state index in [0.717, 1.165) is 12.3 Å². The van der Waals surface area contributed by atoms with Crippen molar-refractivity contribution in [3.8, 4) is 6.07 Å². The highest BCUT2D eigenvalue weighted by molar-refractivity contribution is 6.07. The van der Waals surface area contributed by atoms with E-state index in [9.17, 15) is 23.6 Å². The fourth-order valence-corrected chi connectivity index (χ4v) is 5.33. The molecular formula is C29H28F4N8O2. The zero-order chi connectivity index (χ0) is 30.8. The zero-order valence-corrected chi connectivity index (χ0v) is 23.3. The molecule has 1 aromatic carbocycles. The first-order valence-corrected chi connectivity index (χ1v) is 13.5. The van der Waals surface area contributed by atoms with Crippen molar-refractivity contribution < 1.29 is 22.4 Å². The molecule has 2 aliphatic heterocycles. The number of likely N-dealkylation sites (N-methyl/N-ethyl adjacent to an activating group) is 1. The Balaban J connectivity index is 1.64. The van der Waals surface area contributed by atoms with Gasteiger partial charge in [-0.1, -0.05) is 6.08 Å². The van der Waals surface area contributed by atoms with E-state index in [1.165, 1.54) is 12.3 Å². The number of H-pyrrole nitrogens is 1. The van der Waals surface area contributed by atoms with E-state index < -0.39 is 57.9 Å². The molecule has 4 heterocycles. The summed E-state index contributed by atoms with van der Waals surface area (Å²) in [5.41, 5.74) is -2.50. The Labute approximate surface area is 244 Å². The highest BCUT2D eigenvalue weighted by atomic mass is 19.3. The first-order chi connectivity index (χ1) is 20.6. The quantitative estimate of drug-likeness (QED) is 0.367. The van der Waals surface area contributed by atoms with E-state index >= 15 is 8.78 Å². The van der Waals surface area contributed by atoms with E-state index in [2.05, 4.69) is 30.5 Å². The summed E-state index contributed by atoms with van der Waals surface area (Å²) in [4.78, 5) is 39.1. The summed E-state index contributed by atoms with van der Waals surface area (Å²) in [6.45, 7) is 3.74. The van der Waals surface area contributed by atoms with Crippen LogP contribution in [-0.4, -0.2) is 65.0 Å². The van der Waals surface area contributed by atoms with Gasteiger partial charge >= 0.3 is 0 Å². The van der Waals surface area contributed by atoms with E-state index in [4.69, 9.17) is 0 Å². The molecule has 2 unspecified atom stereocenters. The second-order valence-corrected chi connectivity index (χ2v) is 10.4. The van der Waals surface area contributed by atoms with E-state index in [0.29, 0.717) is 44.4 Å². The van der Waals surface area contributed by atoms with Crippen molar-refractivity contribution in [1.82, 2.24) is 25.2 Å². The summed E-state index contributed by atoms with van der Waals surface area (Å²) in [7, 11) is 1.92. The molecule has 3 aromatic rings. The van der Waals surface area contributed by atoms with Crippen molar-refractivity contribution in [2.24, 2.45) is 0 Å². The lowest BCUT2D eigenvalue weighted by Gasteiger charge is -2.40. The fourth-order valence-electron chi connectivity index (χ4n) is 5.33. The van der Waals surface area contributed by atoms with Gasteiger partial charge in [0.05, 0.1) is 28.6 Å². The Hall–Kier alpha value is -4.61. The molecule has 10 nitrogen and oxygen atoms in total. The number of nitrogens with one attached hydrogen (secondary N) is 3. The largest absolute Gasteiger partial charge is 0.367 e. The van der Waals surface area contributed by atoms with Crippen LogP contribution < -0.4 is 21.1 Å². The monoisotopic (exact) mass is 596 g/mol. The fraction of sp³-hybridized carbons (Fsp3) is 0.345. The number of piperazine rings is 1. The number of aromatic amines is 1. The third kappa shape index (κ3) is 5.99. The van der Waals surface area contributed by atoms with Crippen molar-refractivity contribution in [3.05, 3.63) is 86.9 Å². The van der Waals surface area contributed by atoms with Gasteiger partial charge < -0.3 is 25.4 Å². The van der Waals surface area contributed by atoms with Crippen LogP contribution in [0.1, 0.15) is 58.8 Å². The maximum atomic E-state index is 16.7. The van der Waals surface area contributed by atoms with Gasteiger partial charge in [-0.25, -0.2) is 27.5 Å². The Kier molecular flexibility index (Phi) is 8.56. The highest BCUT2D eigenvalue weighted by Crippen LogP contribution is 2.41. The molecule has 3 N–H and O–H groups in total. The number of halogens is 4. The SMILES string of the molecule is CC1CN(c2cc(F)c(C3=CCCNC3c3ccnc(C#N)n3)c(F)c2NC(=O)c2c[nH]c(=O)cc2C(F)F)CCN1C. The van der Waals surface area contributed by atoms with Crippen molar-refractivity contribution in [2.75, 3.05) is 43.4 Å². The van der Waals surface area contributed by atoms with Gasteiger partial charge in [0.1, 0.15) is 17.6 Å². The average molecular weight is 597 g/mol. The second-order valence-electron chi connectivity index (χ2n) is 10.4. The molecule has 0 spiro atoms. The number of carbonyl (C=O) groups excluding carboxylic acids is 1. The lowest BCUT2D eigenvalue weighted by atomic mass is 9.90. The third-order valence-corrected chi connectivity index (χ3v) is 7.70. The number of nitrogens with zero attached hydrogens (tertiary/aromatic N) is 5. The Morgan fingerprint density at radius 3 is 2.77 bits per heavy atom. The van der Waals surface area contributed by atoms with Crippen molar-refractivity contribution in [3.63, 3.8) is 0 Å². The summed E-state index contributed by atoms with van der Waals surface area (Å²) in [6.07, 6.45) is 1.13. The topological polar surface area (TPSA) is 130 Å². The molecule has 0 aliphatic carbocycles. The molecule has 2 aromatic heterocycles. The molecule has 2 atom stereocenters. The maximum Gasteiger partial charge on any atom is 0.264 e. The number of anilines is 2.